The van der Waals surface area contributed by atoms with Crippen molar-refractivity contribution >= 4 is 82.1 Å². The number of guanidine groups is 2. The van der Waals surface area contributed by atoms with Crippen LogP contribution in [0.4, 0.5) is 0 Å². The number of hydrogen-bond donors (Lipinski definition) is 18. The monoisotopic (exact) mass is 1150 g/mol. The van der Waals surface area contributed by atoms with Crippen LogP contribution in [-0.2, 0) is 67.2 Å². The number of nitrogens with zero attached hydrogens (tertiary/aromatic N) is 3. The minimum absolute atomic E-state index is 0.0656. The molecule has 23 N–H and O–H groups in total. The number of hydrogen-bond acceptors (Lipinski definition) is 15. The fourth-order valence-electron chi connectivity index (χ4n) is 8.23. The minimum Gasteiger partial charge on any atom is -0.508 e. The van der Waals surface area contributed by atoms with Crippen LogP contribution in [0.1, 0.15) is 69.2 Å². The van der Waals surface area contributed by atoms with E-state index in [-0.39, 0.29) is 75.0 Å². The van der Waals surface area contributed by atoms with Crippen molar-refractivity contribution in [3.63, 3.8) is 0 Å². The van der Waals surface area contributed by atoms with Gasteiger partial charge in [-0.1, -0.05) is 44.2 Å². The number of fused-ring (bicyclic) bond motifs is 1. The zero-order valence-electron chi connectivity index (χ0n) is 44.9. The fourth-order valence-corrected chi connectivity index (χ4v) is 8.23. The molecule has 2 heterocycles. The molecule has 444 valence electrons. The van der Waals surface area contributed by atoms with Crippen LogP contribution in [0.25, 0.3) is 10.9 Å². The third-order valence-corrected chi connectivity index (χ3v) is 12.5. The van der Waals surface area contributed by atoms with E-state index in [0.717, 1.165) is 5.52 Å². The molecule has 31 nitrogen and oxygen atoms in total. The number of carboxylic acids is 3. The number of carboxylic acid groups (broad SMARTS) is 3. The second-order valence-electron chi connectivity index (χ2n) is 19.4. The highest BCUT2D eigenvalue weighted by Gasteiger charge is 2.37. The van der Waals surface area contributed by atoms with E-state index >= 15 is 0 Å². The molecule has 0 aliphatic rings. The molecule has 7 amide bonds. The van der Waals surface area contributed by atoms with Crippen LogP contribution in [0.3, 0.4) is 0 Å². The Morgan fingerprint density at radius 3 is 1.62 bits per heavy atom. The van der Waals surface area contributed by atoms with Crippen LogP contribution >= 0.6 is 0 Å². The summed E-state index contributed by atoms with van der Waals surface area (Å²) in [5.41, 5.74) is 29.8. The lowest BCUT2D eigenvalue weighted by Crippen LogP contribution is -2.61. The Hall–Kier alpha value is -9.81. The fraction of sp³-hybridized carbons (Fsp3) is 0.431. The third-order valence-electron chi connectivity index (χ3n) is 12.5. The van der Waals surface area contributed by atoms with Gasteiger partial charge in [0.05, 0.1) is 25.2 Å². The van der Waals surface area contributed by atoms with Gasteiger partial charge in [-0.15, -0.1) is 0 Å². The summed E-state index contributed by atoms with van der Waals surface area (Å²) in [6.45, 7) is 3.06. The lowest BCUT2D eigenvalue weighted by Gasteiger charge is -2.28. The molecule has 0 saturated carbocycles. The summed E-state index contributed by atoms with van der Waals surface area (Å²) in [5, 5.41) is 57.4. The molecule has 0 radical (unpaired) electrons. The van der Waals surface area contributed by atoms with Crippen molar-refractivity contribution in [3.05, 3.63) is 84.1 Å². The molecule has 0 saturated heterocycles. The Kier molecular flexibility index (Phi) is 25.0. The predicted molar refractivity (Wildman–Crippen MR) is 294 cm³/mol. The third kappa shape index (κ3) is 21.4. The molecule has 4 rings (SSSR count). The van der Waals surface area contributed by atoms with E-state index in [1.165, 1.54) is 50.6 Å². The predicted octanol–water partition coefficient (Wildman–Crippen LogP) is -3.86. The zero-order valence-corrected chi connectivity index (χ0v) is 44.9. The minimum atomic E-state index is -2.00. The molecule has 0 aliphatic heterocycles. The summed E-state index contributed by atoms with van der Waals surface area (Å²) in [7, 11) is 0. The molecule has 8 atom stereocenters. The van der Waals surface area contributed by atoms with Gasteiger partial charge in [-0.3, -0.25) is 53.1 Å². The van der Waals surface area contributed by atoms with Crippen LogP contribution in [0, 0.1) is 5.92 Å². The van der Waals surface area contributed by atoms with Crippen molar-refractivity contribution < 1.29 is 68.4 Å². The molecule has 0 spiro atoms. The lowest BCUT2D eigenvalue weighted by atomic mass is 10.00. The van der Waals surface area contributed by atoms with Crippen molar-refractivity contribution in [3.8, 4) is 5.75 Å². The van der Waals surface area contributed by atoms with Crippen molar-refractivity contribution in [2.45, 2.75) is 120 Å². The standard InChI is InChI=1S/C51H71N17O14/c1-25(2)41(48(80)67-38(49(81)82)18-27-22-60-32-9-4-3-7-30(27)32)68-47(79)37(21-40(72)73)65-43(75)33(10-6-16-59-51(55)56)62-46(78)36(20-39(70)71)66-45(77)35(19-28-23-57-24-61-28)64-44(76)34(17-26-11-13-29(69)14-12-26)63-42(74)31(52)8-5-15-58-50(53)54/h3-4,7,9,11-14,22-25,31,33-38,41,60,69H,5-6,8,10,15-21,52H2,1-2H3,(H,57,61)(H,62,78)(H,63,74)(H,64,76)(H,65,75)(H,66,77)(H,67,80)(H,68,79)(H,70,71)(H,72,73)(H,81,82)(H4,53,54,58)(H4,55,56,59). The van der Waals surface area contributed by atoms with E-state index in [0.29, 0.717) is 22.9 Å². The largest absolute Gasteiger partial charge is 0.508 e. The number of phenols is 1. The molecule has 0 fully saturated rings. The molecular weight excluding hydrogens is 1070 g/mol. The number of H-pyrrole nitrogens is 2. The van der Waals surface area contributed by atoms with Gasteiger partial charge >= 0.3 is 17.9 Å². The van der Waals surface area contributed by atoms with E-state index in [2.05, 4.69) is 62.2 Å². The summed E-state index contributed by atoms with van der Waals surface area (Å²) < 4.78 is 0. The van der Waals surface area contributed by atoms with Crippen molar-refractivity contribution in [2.75, 3.05) is 13.1 Å². The first-order valence-corrected chi connectivity index (χ1v) is 25.8. The number of imidazole rings is 1. The summed E-state index contributed by atoms with van der Waals surface area (Å²) in [4.78, 5) is 152. The number of carbonyl (C=O) groups is 10. The van der Waals surface area contributed by atoms with Crippen LogP contribution in [0.2, 0.25) is 0 Å². The topological polar surface area (TPSA) is 535 Å². The van der Waals surface area contributed by atoms with Crippen molar-refractivity contribution in [1.82, 2.24) is 52.2 Å². The first kappa shape index (κ1) is 64.7. The molecule has 0 bridgehead atoms. The molecular formula is C51H71N17O14. The number of aromatic nitrogens is 3. The van der Waals surface area contributed by atoms with Gasteiger partial charge in [0.15, 0.2) is 11.9 Å². The molecule has 2 aromatic heterocycles. The number of carbonyl (C=O) groups excluding carboxylic acids is 7. The number of rotatable bonds is 34. The van der Waals surface area contributed by atoms with E-state index in [1.54, 1.807) is 30.5 Å². The zero-order chi connectivity index (χ0) is 60.6. The maximum Gasteiger partial charge on any atom is 0.326 e. The van der Waals surface area contributed by atoms with E-state index < -0.39 is 126 Å². The summed E-state index contributed by atoms with van der Waals surface area (Å²) in [6, 6.07) is -0.158. The van der Waals surface area contributed by atoms with E-state index in [4.69, 9.17) is 28.7 Å². The van der Waals surface area contributed by atoms with Gasteiger partial charge in [0.25, 0.3) is 0 Å². The first-order chi connectivity index (χ1) is 38.8. The quantitative estimate of drug-likeness (QED) is 0.0121. The smallest absolute Gasteiger partial charge is 0.326 e. The molecule has 82 heavy (non-hydrogen) atoms. The highest BCUT2D eigenvalue weighted by molar-refractivity contribution is 5.99. The second kappa shape index (κ2) is 31.7. The van der Waals surface area contributed by atoms with E-state index in [9.17, 15) is 68.4 Å². The summed E-state index contributed by atoms with van der Waals surface area (Å²) in [6.07, 6.45) is 1.25. The van der Waals surface area contributed by atoms with Crippen LogP contribution in [0.15, 0.2) is 77.2 Å². The molecule has 31 heteroatoms. The summed E-state index contributed by atoms with van der Waals surface area (Å²) >= 11 is 0. The first-order valence-electron chi connectivity index (χ1n) is 25.8. The average Bonchev–Trinajstić information content (AvgIpc) is 4.21. The maximum absolute atomic E-state index is 14.3. The maximum atomic E-state index is 14.3. The Bertz CT molecular complexity index is 2920. The average molecular weight is 1150 g/mol. The number of aliphatic carboxylic acids is 3. The normalized spacial score (nSPS) is 14.0. The van der Waals surface area contributed by atoms with Crippen LogP contribution < -0.4 is 65.9 Å². The highest BCUT2D eigenvalue weighted by Crippen LogP contribution is 2.20. The number of phenolic OH excluding ortho intramolecular Hbond substituents is 1. The highest BCUT2D eigenvalue weighted by atomic mass is 16.4. The number of aromatic hydroxyl groups is 1. The van der Waals surface area contributed by atoms with Crippen LogP contribution in [0.5, 0.6) is 5.75 Å². The van der Waals surface area contributed by atoms with Gasteiger partial charge in [0.1, 0.15) is 48.0 Å². The Morgan fingerprint density at radius 1 is 0.573 bits per heavy atom. The molecule has 4 aromatic rings. The van der Waals surface area contributed by atoms with Crippen LogP contribution in [-0.4, -0.2) is 168 Å². The van der Waals surface area contributed by atoms with E-state index in [1.807, 2.05) is 0 Å². The number of benzene rings is 2. The SMILES string of the molecule is CC(C)C(NC(=O)C(CC(=O)O)NC(=O)C(CCCN=C(N)N)NC(=O)C(CC(=O)O)NC(=O)C(Cc1cnc[nH]1)NC(=O)C(Cc1ccc(O)cc1)NC(=O)C(N)CCCN=C(N)N)C(=O)NC(Cc1c[nH]c2ccccc12)C(=O)O. The number of amides is 7. The number of para-hydroxylation sites is 1. The van der Waals surface area contributed by atoms with Gasteiger partial charge in [0.2, 0.25) is 41.4 Å². The number of nitrogens with one attached hydrogen (secondary N) is 9. The molecule has 8 unspecified atom stereocenters. The molecule has 0 aliphatic carbocycles. The Balaban J connectivity index is 1.58. The number of nitrogens with two attached hydrogens (primary N) is 5. The molecule has 2 aromatic carbocycles. The summed E-state index contributed by atoms with van der Waals surface area (Å²) in [5.74, 6) is -13.4. The van der Waals surface area contributed by atoms with Crippen molar-refractivity contribution in [1.29, 1.82) is 0 Å². The van der Waals surface area contributed by atoms with Gasteiger partial charge < -0.3 is 96.3 Å². The van der Waals surface area contributed by atoms with Crippen molar-refractivity contribution in [2.24, 2.45) is 44.6 Å². The lowest BCUT2D eigenvalue weighted by molar-refractivity contribution is -0.143. The Labute approximate surface area is 468 Å². The number of aromatic amines is 2. The van der Waals surface area contributed by atoms with Gasteiger partial charge in [0, 0.05) is 61.3 Å². The van der Waals surface area contributed by atoms with Gasteiger partial charge in [-0.2, -0.15) is 0 Å². The number of aliphatic imine (C=N–C) groups is 2. The Morgan fingerprint density at radius 2 is 1.07 bits per heavy atom. The second-order valence-corrected chi connectivity index (χ2v) is 19.4. The van der Waals surface area contributed by atoms with Gasteiger partial charge in [-0.25, -0.2) is 9.78 Å². The van der Waals surface area contributed by atoms with Gasteiger partial charge in [-0.05, 0) is 60.9 Å².